The number of hydrogen-bond donors (Lipinski definition) is 1. The molecule has 4 aliphatic carbocycles. The molecule has 2 nitrogen and oxygen atoms in total. The van der Waals surface area contributed by atoms with Crippen molar-refractivity contribution in [2.75, 3.05) is 13.7 Å². The molecule has 0 heterocycles. The lowest BCUT2D eigenvalue weighted by molar-refractivity contribution is -0.0822. The van der Waals surface area contributed by atoms with E-state index in [2.05, 4.69) is 33.8 Å². The van der Waals surface area contributed by atoms with Crippen molar-refractivity contribution in [2.24, 2.45) is 46.3 Å². The maximum Gasteiger partial charge on any atom is 0.0609 e. The average molecular weight is 417 g/mol. The fraction of sp³-hybridized carbons (Fsp3) is 0.929. The van der Waals surface area contributed by atoms with Gasteiger partial charge < -0.3 is 9.84 Å². The monoisotopic (exact) mass is 416 g/mol. The third-order valence-electron chi connectivity index (χ3n) is 10.6. The molecule has 3 saturated carbocycles. The number of methoxy groups -OCH3 is 1. The highest BCUT2D eigenvalue weighted by Gasteiger charge is 2.60. The molecule has 0 aromatic carbocycles. The molecule has 0 aromatic rings. The molecule has 0 spiro atoms. The van der Waals surface area contributed by atoms with Crippen LogP contribution < -0.4 is 0 Å². The summed E-state index contributed by atoms with van der Waals surface area (Å²) in [7, 11) is 1.86. The minimum atomic E-state index is 0.0697. The summed E-state index contributed by atoms with van der Waals surface area (Å²) in [6.45, 7) is 10.3. The summed E-state index contributed by atoms with van der Waals surface area (Å²) in [5.41, 5.74) is 2.15. The number of aliphatic hydroxyl groups is 1. The van der Waals surface area contributed by atoms with Gasteiger partial charge in [-0.2, -0.15) is 0 Å². The molecule has 2 heteroatoms. The molecule has 0 aromatic heterocycles. The maximum absolute atomic E-state index is 10.7. The van der Waals surface area contributed by atoms with Gasteiger partial charge in [0.15, 0.2) is 0 Å². The summed E-state index contributed by atoms with van der Waals surface area (Å²) in [6, 6.07) is 0. The summed E-state index contributed by atoms with van der Waals surface area (Å²) < 4.78 is 5.72. The van der Waals surface area contributed by atoms with E-state index in [0.29, 0.717) is 24.0 Å². The second-order valence-electron chi connectivity index (χ2n) is 12.3. The van der Waals surface area contributed by atoms with E-state index in [1.807, 2.05) is 7.11 Å². The van der Waals surface area contributed by atoms with Crippen LogP contribution in [0.5, 0.6) is 0 Å². The summed E-state index contributed by atoms with van der Waals surface area (Å²) in [4.78, 5) is 0. The van der Waals surface area contributed by atoms with Crippen LogP contribution in [0.25, 0.3) is 0 Å². The normalized spacial score (nSPS) is 44.2. The molecule has 0 unspecified atom stereocenters. The van der Waals surface area contributed by atoms with Crippen LogP contribution >= 0.6 is 0 Å². The van der Waals surface area contributed by atoms with E-state index in [0.717, 1.165) is 48.9 Å². The zero-order valence-electron chi connectivity index (χ0n) is 20.5. The van der Waals surface area contributed by atoms with Crippen molar-refractivity contribution >= 4 is 0 Å². The van der Waals surface area contributed by atoms with Gasteiger partial charge in [0, 0.05) is 12.5 Å². The molecule has 8 atom stereocenters. The van der Waals surface area contributed by atoms with Gasteiger partial charge in [0.05, 0.1) is 12.7 Å². The Morgan fingerprint density at radius 1 is 1.07 bits per heavy atom. The first-order valence-corrected chi connectivity index (χ1v) is 13.2. The van der Waals surface area contributed by atoms with Gasteiger partial charge >= 0.3 is 0 Å². The van der Waals surface area contributed by atoms with Crippen LogP contribution in [0.4, 0.5) is 0 Å². The Morgan fingerprint density at radius 3 is 2.57 bits per heavy atom. The van der Waals surface area contributed by atoms with Crippen molar-refractivity contribution in [3.05, 3.63) is 11.6 Å². The molecule has 0 aliphatic heterocycles. The van der Waals surface area contributed by atoms with Crippen LogP contribution in [0, 0.1) is 46.3 Å². The largest absolute Gasteiger partial charge is 0.395 e. The average Bonchev–Trinajstić information content (AvgIpc) is 3.09. The highest BCUT2D eigenvalue weighted by atomic mass is 16.5. The Hall–Kier alpha value is -0.340. The van der Waals surface area contributed by atoms with Gasteiger partial charge in [0.1, 0.15) is 0 Å². The molecule has 4 rings (SSSR count). The van der Waals surface area contributed by atoms with Gasteiger partial charge in [0.25, 0.3) is 0 Å². The minimum Gasteiger partial charge on any atom is -0.395 e. The van der Waals surface area contributed by atoms with Crippen molar-refractivity contribution in [1.82, 2.24) is 0 Å². The Bertz CT molecular complexity index is 624. The molecule has 0 radical (unpaired) electrons. The molecule has 30 heavy (non-hydrogen) atoms. The molecule has 172 valence electrons. The van der Waals surface area contributed by atoms with E-state index in [4.69, 9.17) is 4.74 Å². The SMILES string of the molecule is CO[C@H]1CC[C@@]2(CO)C(=CC[C@@H]3[C@@H]2CC[C@]2(C)[C@@H]([C@H](C)CCCC(C)C)CC[C@@H]32)C1. The lowest BCUT2D eigenvalue weighted by atomic mass is 9.46. The van der Waals surface area contributed by atoms with E-state index in [1.165, 1.54) is 51.4 Å². The van der Waals surface area contributed by atoms with Crippen LogP contribution in [-0.4, -0.2) is 24.9 Å². The topological polar surface area (TPSA) is 29.5 Å². The van der Waals surface area contributed by atoms with Crippen LogP contribution in [-0.2, 0) is 4.74 Å². The Morgan fingerprint density at radius 2 is 1.87 bits per heavy atom. The van der Waals surface area contributed by atoms with Crippen LogP contribution in [0.2, 0.25) is 0 Å². The summed E-state index contributed by atoms with van der Waals surface area (Å²) in [5, 5.41) is 10.7. The van der Waals surface area contributed by atoms with E-state index >= 15 is 0 Å². The van der Waals surface area contributed by atoms with E-state index in [9.17, 15) is 5.11 Å². The lowest BCUT2D eigenvalue weighted by Crippen LogP contribution is -2.53. The zero-order valence-corrected chi connectivity index (χ0v) is 20.5. The number of ether oxygens (including phenoxy) is 1. The third kappa shape index (κ3) is 3.72. The summed E-state index contributed by atoms with van der Waals surface area (Å²) in [5.74, 6) is 4.99. The molecule has 4 aliphatic rings. The summed E-state index contributed by atoms with van der Waals surface area (Å²) >= 11 is 0. The number of aliphatic hydroxyl groups excluding tert-OH is 1. The van der Waals surface area contributed by atoms with Crippen molar-refractivity contribution in [1.29, 1.82) is 0 Å². The van der Waals surface area contributed by atoms with Crippen molar-refractivity contribution in [2.45, 2.75) is 104 Å². The molecule has 1 N–H and O–H groups in total. The zero-order chi connectivity index (χ0) is 21.5. The second-order valence-corrected chi connectivity index (χ2v) is 12.3. The smallest absolute Gasteiger partial charge is 0.0609 e. The number of allylic oxidation sites excluding steroid dienone is 1. The lowest BCUT2D eigenvalue weighted by Gasteiger charge is -2.59. The fourth-order valence-corrected chi connectivity index (χ4v) is 8.94. The van der Waals surface area contributed by atoms with E-state index in [-0.39, 0.29) is 5.41 Å². The van der Waals surface area contributed by atoms with Gasteiger partial charge in [-0.25, -0.2) is 0 Å². The Labute approximate surface area is 186 Å². The number of hydrogen-bond acceptors (Lipinski definition) is 2. The predicted molar refractivity (Wildman–Crippen MR) is 125 cm³/mol. The molecule has 0 amide bonds. The van der Waals surface area contributed by atoms with Crippen LogP contribution in [0.3, 0.4) is 0 Å². The quantitative estimate of drug-likeness (QED) is 0.452. The number of fused-ring (bicyclic) bond motifs is 5. The minimum absolute atomic E-state index is 0.0697. The van der Waals surface area contributed by atoms with Crippen molar-refractivity contribution < 1.29 is 9.84 Å². The maximum atomic E-state index is 10.7. The molecule has 0 bridgehead atoms. The Kier molecular flexibility index (Phi) is 6.77. The molecule has 3 fully saturated rings. The van der Waals surface area contributed by atoms with Crippen molar-refractivity contribution in [3.63, 3.8) is 0 Å². The van der Waals surface area contributed by atoms with Gasteiger partial charge in [-0.1, -0.05) is 58.6 Å². The van der Waals surface area contributed by atoms with E-state index in [1.54, 1.807) is 5.57 Å². The van der Waals surface area contributed by atoms with Gasteiger partial charge in [-0.15, -0.1) is 0 Å². The first-order valence-electron chi connectivity index (χ1n) is 13.2. The molecular weight excluding hydrogens is 368 g/mol. The standard InChI is InChI=1S/C28H48O2/c1-19(2)7-6-8-20(3)24-11-12-25-23-10-9-21-17-22(30-5)13-16-28(21,18-29)26(23)14-15-27(24,25)4/h9,19-20,22-26,29H,6-8,10-18H2,1-5H3/t20-,22+,23+,24-,25+,26+,27-,28-/m1/s1. The van der Waals surface area contributed by atoms with Gasteiger partial charge in [-0.3, -0.25) is 0 Å². The first kappa shape index (κ1) is 22.8. The summed E-state index contributed by atoms with van der Waals surface area (Å²) in [6.07, 6.45) is 17.3. The van der Waals surface area contributed by atoms with Gasteiger partial charge in [0.2, 0.25) is 0 Å². The Balaban J connectivity index is 1.51. The highest BCUT2D eigenvalue weighted by Crippen LogP contribution is 2.67. The molecular formula is C28H48O2. The van der Waals surface area contributed by atoms with Crippen LogP contribution in [0.15, 0.2) is 11.6 Å². The van der Waals surface area contributed by atoms with Crippen molar-refractivity contribution in [3.8, 4) is 0 Å². The fourth-order valence-electron chi connectivity index (χ4n) is 8.94. The first-order chi connectivity index (χ1) is 14.4. The van der Waals surface area contributed by atoms with E-state index < -0.39 is 0 Å². The highest BCUT2D eigenvalue weighted by molar-refractivity contribution is 5.26. The molecule has 0 saturated heterocycles. The number of rotatable bonds is 7. The second kappa shape index (κ2) is 8.89. The third-order valence-corrected chi connectivity index (χ3v) is 10.6. The van der Waals surface area contributed by atoms with Gasteiger partial charge in [-0.05, 0) is 92.3 Å². The predicted octanol–water partition coefficient (Wildman–Crippen LogP) is 7.02. The van der Waals surface area contributed by atoms with Crippen LogP contribution in [0.1, 0.15) is 98.3 Å².